The number of hydrogen-bond donors (Lipinski definition) is 2. The Labute approximate surface area is 124 Å². The third-order valence-electron chi connectivity index (χ3n) is 3.73. The zero-order valence-corrected chi connectivity index (χ0v) is 11.7. The Balaban J connectivity index is 1.91. The molecular formula is C17H18N2O2. The summed E-state index contributed by atoms with van der Waals surface area (Å²) in [5.74, 6) is -0.280. The zero-order chi connectivity index (χ0) is 14.7. The number of carbonyl (C=O) groups excluding carboxylic acids is 1. The molecule has 0 saturated carbocycles. The van der Waals surface area contributed by atoms with Gasteiger partial charge in [-0.1, -0.05) is 48.5 Å². The van der Waals surface area contributed by atoms with Gasteiger partial charge in [-0.15, -0.1) is 0 Å². The van der Waals surface area contributed by atoms with Gasteiger partial charge in [0.25, 0.3) is 5.91 Å². The minimum absolute atomic E-state index is 0.280. The van der Waals surface area contributed by atoms with Crippen molar-refractivity contribution in [2.24, 2.45) is 0 Å². The van der Waals surface area contributed by atoms with Crippen LogP contribution in [0.25, 0.3) is 0 Å². The average molecular weight is 282 g/mol. The van der Waals surface area contributed by atoms with Gasteiger partial charge in [0.2, 0.25) is 0 Å². The van der Waals surface area contributed by atoms with Gasteiger partial charge in [0.1, 0.15) is 0 Å². The van der Waals surface area contributed by atoms with Crippen LogP contribution in [-0.2, 0) is 11.3 Å². The number of benzene rings is 2. The molecule has 0 spiro atoms. The van der Waals surface area contributed by atoms with Crippen LogP contribution in [0.2, 0.25) is 0 Å². The first-order valence-corrected chi connectivity index (χ1v) is 7.10. The molecule has 0 saturated heterocycles. The van der Waals surface area contributed by atoms with Crippen LogP contribution in [-0.4, -0.2) is 24.1 Å². The molecule has 21 heavy (non-hydrogen) atoms. The maximum absolute atomic E-state index is 12.7. The summed E-state index contributed by atoms with van der Waals surface area (Å²) in [5.41, 5.74) is 2.57. The van der Waals surface area contributed by atoms with E-state index in [4.69, 9.17) is 0 Å². The van der Waals surface area contributed by atoms with Gasteiger partial charge >= 0.3 is 0 Å². The summed E-state index contributed by atoms with van der Waals surface area (Å²) in [6, 6.07) is 16.9. The van der Waals surface area contributed by atoms with Gasteiger partial charge in [-0.05, 0) is 17.2 Å². The lowest BCUT2D eigenvalue weighted by Gasteiger charge is -2.25. The van der Waals surface area contributed by atoms with Gasteiger partial charge in [-0.3, -0.25) is 4.79 Å². The first kappa shape index (κ1) is 13.8. The third kappa shape index (κ3) is 2.82. The van der Waals surface area contributed by atoms with Crippen LogP contribution in [0.5, 0.6) is 0 Å². The molecule has 2 aromatic carbocycles. The van der Waals surface area contributed by atoms with E-state index in [-0.39, 0.29) is 5.91 Å². The van der Waals surface area contributed by atoms with E-state index >= 15 is 0 Å². The Hall–Kier alpha value is -2.17. The molecule has 1 atom stereocenters. The van der Waals surface area contributed by atoms with Crippen LogP contribution in [0, 0.1) is 0 Å². The van der Waals surface area contributed by atoms with E-state index in [9.17, 15) is 9.90 Å². The predicted molar refractivity (Wildman–Crippen MR) is 81.9 cm³/mol. The van der Waals surface area contributed by atoms with Crippen molar-refractivity contribution in [3.63, 3.8) is 0 Å². The molecule has 2 aromatic rings. The zero-order valence-electron chi connectivity index (χ0n) is 11.7. The predicted octanol–water partition coefficient (Wildman–Crippen LogP) is 1.86. The number of nitrogens with one attached hydrogen (secondary N) is 1. The van der Waals surface area contributed by atoms with Gasteiger partial charge in [-0.25, -0.2) is 0 Å². The van der Waals surface area contributed by atoms with E-state index in [2.05, 4.69) is 5.32 Å². The largest absolute Gasteiger partial charge is 0.378 e. The minimum atomic E-state index is -1.13. The van der Waals surface area contributed by atoms with Crippen molar-refractivity contribution in [1.82, 2.24) is 5.32 Å². The topological polar surface area (TPSA) is 52.6 Å². The van der Waals surface area contributed by atoms with Crippen molar-refractivity contribution in [3.8, 4) is 0 Å². The van der Waals surface area contributed by atoms with E-state index < -0.39 is 6.10 Å². The monoisotopic (exact) mass is 282 g/mol. The van der Waals surface area contributed by atoms with Crippen LogP contribution < -0.4 is 10.2 Å². The molecule has 0 aliphatic carbocycles. The summed E-state index contributed by atoms with van der Waals surface area (Å²) in [4.78, 5) is 14.3. The van der Waals surface area contributed by atoms with Crippen molar-refractivity contribution in [2.75, 3.05) is 18.0 Å². The molecule has 2 N–H and O–H groups in total. The summed E-state index contributed by atoms with van der Waals surface area (Å²) in [7, 11) is 0. The number of hydrogen-bond acceptors (Lipinski definition) is 3. The van der Waals surface area contributed by atoms with E-state index in [1.807, 2.05) is 42.5 Å². The molecule has 4 heteroatoms. The quantitative estimate of drug-likeness (QED) is 0.884. The van der Waals surface area contributed by atoms with E-state index in [0.717, 1.165) is 17.8 Å². The van der Waals surface area contributed by atoms with Gasteiger partial charge in [-0.2, -0.15) is 0 Å². The van der Waals surface area contributed by atoms with E-state index in [1.54, 1.807) is 17.0 Å². The maximum Gasteiger partial charge on any atom is 0.260 e. The van der Waals surface area contributed by atoms with Crippen molar-refractivity contribution in [3.05, 3.63) is 65.7 Å². The van der Waals surface area contributed by atoms with Crippen molar-refractivity contribution in [2.45, 2.75) is 12.6 Å². The fourth-order valence-electron chi connectivity index (χ4n) is 2.61. The SMILES string of the molecule is O=C(C(O)c1ccccc1)N1CCNCc2ccccc21. The fourth-order valence-corrected chi connectivity index (χ4v) is 2.61. The summed E-state index contributed by atoms with van der Waals surface area (Å²) >= 11 is 0. The Morgan fingerprint density at radius 3 is 2.62 bits per heavy atom. The normalized spacial score (nSPS) is 16.0. The Morgan fingerprint density at radius 2 is 1.81 bits per heavy atom. The molecule has 0 radical (unpaired) electrons. The number of rotatable bonds is 2. The summed E-state index contributed by atoms with van der Waals surface area (Å²) in [5, 5.41) is 13.6. The molecule has 0 bridgehead atoms. The molecule has 4 nitrogen and oxygen atoms in total. The van der Waals surface area contributed by atoms with E-state index in [0.29, 0.717) is 18.7 Å². The number of amides is 1. The number of aliphatic hydroxyl groups excluding tert-OH is 1. The summed E-state index contributed by atoms with van der Waals surface area (Å²) in [6.45, 7) is 2.00. The van der Waals surface area contributed by atoms with Crippen LogP contribution in [0.3, 0.4) is 0 Å². The molecular weight excluding hydrogens is 264 g/mol. The van der Waals surface area contributed by atoms with Crippen molar-refractivity contribution >= 4 is 11.6 Å². The second-order valence-corrected chi connectivity index (χ2v) is 5.11. The Morgan fingerprint density at radius 1 is 1.10 bits per heavy atom. The third-order valence-corrected chi connectivity index (χ3v) is 3.73. The Bertz CT molecular complexity index is 628. The van der Waals surface area contributed by atoms with Crippen LogP contribution in [0.1, 0.15) is 17.2 Å². The molecule has 1 aliphatic rings. The molecule has 3 rings (SSSR count). The highest BCUT2D eigenvalue weighted by Gasteiger charge is 2.27. The highest BCUT2D eigenvalue weighted by atomic mass is 16.3. The molecule has 108 valence electrons. The standard InChI is InChI=1S/C17H18N2O2/c20-16(13-6-2-1-3-7-13)17(21)19-11-10-18-12-14-8-4-5-9-15(14)19/h1-9,16,18,20H,10-12H2. The highest BCUT2D eigenvalue weighted by molar-refractivity contribution is 5.97. The maximum atomic E-state index is 12.7. The molecule has 1 heterocycles. The molecule has 1 unspecified atom stereocenters. The van der Waals surface area contributed by atoms with E-state index in [1.165, 1.54) is 0 Å². The lowest BCUT2D eigenvalue weighted by molar-refractivity contribution is -0.126. The average Bonchev–Trinajstić information content (AvgIpc) is 2.77. The minimum Gasteiger partial charge on any atom is -0.378 e. The van der Waals surface area contributed by atoms with Crippen LogP contribution in [0.4, 0.5) is 5.69 Å². The lowest BCUT2D eigenvalue weighted by atomic mass is 10.1. The number of aliphatic hydroxyl groups is 1. The molecule has 0 aromatic heterocycles. The number of para-hydroxylation sites is 1. The van der Waals surface area contributed by atoms with Gasteiger partial charge in [0.05, 0.1) is 0 Å². The Kier molecular flexibility index (Phi) is 3.99. The molecule has 1 amide bonds. The molecule has 1 aliphatic heterocycles. The van der Waals surface area contributed by atoms with Crippen molar-refractivity contribution in [1.29, 1.82) is 0 Å². The summed E-state index contributed by atoms with van der Waals surface area (Å²) < 4.78 is 0. The number of nitrogens with zero attached hydrogens (tertiary/aromatic N) is 1. The fraction of sp³-hybridized carbons (Fsp3) is 0.235. The number of carbonyl (C=O) groups is 1. The lowest BCUT2D eigenvalue weighted by Crippen LogP contribution is -2.38. The second kappa shape index (κ2) is 6.08. The highest BCUT2D eigenvalue weighted by Crippen LogP contribution is 2.25. The van der Waals surface area contributed by atoms with Gasteiger partial charge in [0.15, 0.2) is 6.10 Å². The van der Waals surface area contributed by atoms with Crippen LogP contribution >= 0.6 is 0 Å². The first-order valence-electron chi connectivity index (χ1n) is 7.10. The molecule has 0 fully saturated rings. The number of anilines is 1. The second-order valence-electron chi connectivity index (χ2n) is 5.11. The van der Waals surface area contributed by atoms with Crippen molar-refractivity contribution < 1.29 is 9.90 Å². The van der Waals surface area contributed by atoms with Gasteiger partial charge in [0, 0.05) is 25.3 Å². The van der Waals surface area contributed by atoms with Crippen LogP contribution in [0.15, 0.2) is 54.6 Å². The smallest absolute Gasteiger partial charge is 0.260 e. The first-order chi connectivity index (χ1) is 10.3. The number of fused-ring (bicyclic) bond motifs is 1. The van der Waals surface area contributed by atoms with Gasteiger partial charge < -0.3 is 15.3 Å². The summed E-state index contributed by atoms with van der Waals surface area (Å²) in [6.07, 6.45) is -1.13.